The zero-order valence-corrected chi connectivity index (χ0v) is 16.5. The molecule has 3 fully saturated rings. The number of hydrogen-bond acceptors (Lipinski definition) is 3. The molecular weight excluding hydrogens is 352 g/mol. The number of benzene rings is 1. The minimum absolute atomic E-state index is 0.263. The summed E-state index contributed by atoms with van der Waals surface area (Å²) >= 11 is 0. The number of fused-ring (bicyclic) bond motifs is 2. The first-order valence-electron chi connectivity index (χ1n) is 11.0. The average molecular weight is 385 g/mol. The van der Waals surface area contributed by atoms with Crippen molar-refractivity contribution in [3.63, 3.8) is 0 Å². The van der Waals surface area contributed by atoms with Crippen LogP contribution in [-0.2, 0) is 11.2 Å². The number of carboxylic acids is 1. The standard InChI is InChI=1S/C24H32O4/c25-21(17-7-2-1-3-8-17)13-12-20-19(22-14-15-23(20)28-22)11-10-16-6-4-5-9-18(16)24(26)27/h4-6,9,12-13,17,19-23,25H,1-3,7-8,10-11,14-15H2,(H,26,27). The Labute approximate surface area is 167 Å². The summed E-state index contributed by atoms with van der Waals surface area (Å²) in [4.78, 5) is 11.5. The van der Waals surface area contributed by atoms with Gasteiger partial charge in [-0.15, -0.1) is 0 Å². The molecule has 0 radical (unpaired) electrons. The Morgan fingerprint density at radius 1 is 1.11 bits per heavy atom. The summed E-state index contributed by atoms with van der Waals surface area (Å²) in [5, 5.41) is 20.0. The number of carboxylic acid groups (broad SMARTS) is 1. The van der Waals surface area contributed by atoms with Gasteiger partial charge in [0.2, 0.25) is 0 Å². The fourth-order valence-electron chi connectivity index (χ4n) is 5.60. The van der Waals surface area contributed by atoms with E-state index in [1.165, 1.54) is 19.3 Å². The monoisotopic (exact) mass is 384 g/mol. The first-order chi connectivity index (χ1) is 13.6. The Bertz CT molecular complexity index is 706. The molecule has 0 spiro atoms. The molecule has 2 aliphatic heterocycles. The van der Waals surface area contributed by atoms with E-state index < -0.39 is 5.97 Å². The summed E-state index contributed by atoms with van der Waals surface area (Å²) in [7, 11) is 0. The molecule has 5 atom stereocenters. The average Bonchev–Trinajstić information content (AvgIpc) is 3.33. The van der Waals surface area contributed by atoms with Crippen LogP contribution in [0.3, 0.4) is 0 Å². The quantitative estimate of drug-likeness (QED) is 0.674. The van der Waals surface area contributed by atoms with Crippen LogP contribution in [0.4, 0.5) is 0 Å². The van der Waals surface area contributed by atoms with E-state index in [0.29, 0.717) is 23.3 Å². The van der Waals surface area contributed by atoms with Gasteiger partial charge in [0, 0.05) is 5.92 Å². The van der Waals surface area contributed by atoms with Crippen molar-refractivity contribution in [2.45, 2.75) is 76.1 Å². The number of hydrogen-bond donors (Lipinski definition) is 2. The third-order valence-electron chi connectivity index (χ3n) is 7.14. The normalized spacial score (nSPS) is 31.5. The van der Waals surface area contributed by atoms with E-state index in [-0.39, 0.29) is 18.3 Å². The van der Waals surface area contributed by atoms with Crippen molar-refractivity contribution in [2.75, 3.05) is 0 Å². The second-order valence-electron chi connectivity index (χ2n) is 8.81. The molecule has 4 nitrogen and oxygen atoms in total. The highest BCUT2D eigenvalue weighted by atomic mass is 16.5. The summed E-state index contributed by atoms with van der Waals surface area (Å²) in [6, 6.07) is 7.31. The Hall–Kier alpha value is -1.65. The summed E-state index contributed by atoms with van der Waals surface area (Å²) in [5.74, 6) is 0.307. The van der Waals surface area contributed by atoms with Crippen molar-refractivity contribution in [3.8, 4) is 0 Å². The first kappa shape index (κ1) is 19.7. The highest BCUT2D eigenvalue weighted by Crippen LogP contribution is 2.46. The molecule has 1 saturated carbocycles. The van der Waals surface area contributed by atoms with Gasteiger partial charge < -0.3 is 14.9 Å². The zero-order valence-electron chi connectivity index (χ0n) is 16.5. The van der Waals surface area contributed by atoms with Gasteiger partial charge in [-0.1, -0.05) is 49.6 Å². The van der Waals surface area contributed by atoms with Crippen molar-refractivity contribution >= 4 is 5.97 Å². The Morgan fingerprint density at radius 3 is 2.64 bits per heavy atom. The van der Waals surface area contributed by atoms with Gasteiger partial charge in [-0.3, -0.25) is 0 Å². The van der Waals surface area contributed by atoms with Crippen LogP contribution >= 0.6 is 0 Å². The fourth-order valence-corrected chi connectivity index (χ4v) is 5.60. The maximum absolute atomic E-state index is 11.5. The van der Waals surface area contributed by atoms with E-state index in [2.05, 4.69) is 6.08 Å². The molecular formula is C24H32O4. The molecule has 1 aromatic rings. The molecule has 28 heavy (non-hydrogen) atoms. The number of carbonyl (C=O) groups is 1. The summed E-state index contributed by atoms with van der Waals surface area (Å²) in [6.45, 7) is 0. The van der Waals surface area contributed by atoms with Gasteiger partial charge in [0.15, 0.2) is 0 Å². The van der Waals surface area contributed by atoms with Crippen LogP contribution in [0.5, 0.6) is 0 Å². The summed E-state index contributed by atoms with van der Waals surface area (Å²) in [6.07, 6.45) is 14.4. The maximum Gasteiger partial charge on any atom is 0.335 e. The number of aromatic carboxylic acids is 1. The molecule has 5 unspecified atom stereocenters. The number of aryl methyl sites for hydroxylation is 1. The highest BCUT2D eigenvalue weighted by Gasteiger charge is 2.47. The Kier molecular flexibility index (Phi) is 6.17. The molecule has 0 amide bonds. The lowest BCUT2D eigenvalue weighted by atomic mass is 9.75. The highest BCUT2D eigenvalue weighted by molar-refractivity contribution is 5.89. The van der Waals surface area contributed by atoms with Crippen molar-refractivity contribution in [2.24, 2.45) is 17.8 Å². The predicted octanol–water partition coefficient (Wildman–Crippen LogP) is 4.61. The predicted molar refractivity (Wildman–Crippen MR) is 108 cm³/mol. The summed E-state index contributed by atoms with van der Waals surface area (Å²) in [5.41, 5.74) is 1.31. The van der Waals surface area contributed by atoms with Gasteiger partial charge in [-0.2, -0.15) is 0 Å². The van der Waals surface area contributed by atoms with E-state index >= 15 is 0 Å². The largest absolute Gasteiger partial charge is 0.478 e. The summed E-state index contributed by atoms with van der Waals surface area (Å²) < 4.78 is 6.19. The van der Waals surface area contributed by atoms with Gasteiger partial charge in [0.05, 0.1) is 23.9 Å². The van der Waals surface area contributed by atoms with Crippen LogP contribution in [0, 0.1) is 17.8 Å². The first-order valence-corrected chi connectivity index (χ1v) is 11.0. The van der Waals surface area contributed by atoms with E-state index in [9.17, 15) is 15.0 Å². The molecule has 4 heteroatoms. The van der Waals surface area contributed by atoms with E-state index in [1.807, 2.05) is 18.2 Å². The minimum Gasteiger partial charge on any atom is -0.478 e. The van der Waals surface area contributed by atoms with Crippen LogP contribution in [0.1, 0.15) is 67.3 Å². The molecule has 2 heterocycles. The molecule has 152 valence electrons. The number of rotatable bonds is 7. The van der Waals surface area contributed by atoms with Crippen LogP contribution in [0.25, 0.3) is 0 Å². The van der Waals surface area contributed by atoms with Crippen LogP contribution in [0.2, 0.25) is 0 Å². The SMILES string of the molecule is O=C(O)c1ccccc1CCC1C2CCC(O2)C1C=CC(O)C1CCCCC1. The number of ether oxygens (including phenoxy) is 1. The van der Waals surface area contributed by atoms with Gasteiger partial charge in [-0.05, 0) is 62.0 Å². The van der Waals surface area contributed by atoms with Crippen molar-refractivity contribution in [1.29, 1.82) is 0 Å². The second-order valence-corrected chi connectivity index (χ2v) is 8.81. The lowest BCUT2D eigenvalue weighted by Crippen LogP contribution is -2.27. The molecule has 0 aromatic heterocycles. The smallest absolute Gasteiger partial charge is 0.335 e. The molecule has 3 aliphatic rings. The second kappa shape index (κ2) is 8.79. The van der Waals surface area contributed by atoms with Crippen molar-refractivity contribution in [3.05, 3.63) is 47.5 Å². The van der Waals surface area contributed by atoms with Crippen LogP contribution < -0.4 is 0 Å². The molecule has 4 rings (SSSR count). The maximum atomic E-state index is 11.5. The Balaban J connectivity index is 1.41. The molecule has 2 bridgehead atoms. The van der Waals surface area contributed by atoms with Gasteiger partial charge in [0.25, 0.3) is 0 Å². The molecule has 2 saturated heterocycles. The lowest BCUT2D eigenvalue weighted by molar-refractivity contribution is 0.0695. The van der Waals surface area contributed by atoms with E-state index in [1.54, 1.807) is 12.1 Å². The lowest BCUT2D eigenvalue weighted by Gasteiger charge is -2.28. The van der Waals surface area contributed by atoms with Crippen LogP contribution in [0.15, 0.2) is 36.4 Å². The van der Waals surface area contributed by atoms with Crippen molar-refractivity contribution in [1.82, 2.24) is 0 Å². The molecule has 2 N–H and O–H groups in total. The third-order valence-corrected chi connectivity index (χ3v) is 7.14. The van der Waals surface area contributed by atoms with Crippen molar-refractivity contribution < 1.29 is 19.7 Å². The fraction of sp³-hybridized carbons (Fsp3) is 0.625. The molecule has 1 aromatic carbocycles. The zero-order chi connectivity index (χ0) is 19.5. The van der Waals surface area contributed by atoms with Crippen LogP contribution in [-0.4, -0.2) is 34.5 Å². The Morgan fingerprint density at radius 2 is 1.86 bits per heavy atom. The van der Waals surface area contributed by atoms with Gasteiger partial charge in [0.1, 0.15) is 0 Å². The number of aliphatic hydroxyl groups excluding tert-OH is 1. The third kappa shape index (κ3) is 4.18. The van der Waals surface area contributed by atoms with E-state index in [4.69, 9.17) is 4.74 Å². The van der Waals surface area contributed by atoms with Gasteiger partial charge in [-0.25, -0.2) is 4.79 Å². The van der Waals surface area contributed by atoms with E-state index in [0.717, 1.165) is 44.1 Å². The van der Waals surface area contributed by atoms with Gasteiger partial charge >= 0.3 is 5.97 Å². The molecule has 1 aliphatic carbocycles. The minimum atomic E-state index is -0.855. The number of aliphatic hydroxyl groups is 1. The topological polar surface area (TPSA) is 66.8 Å².